The van der Waals surface area contributed by atoms with E-state index in [1.807, 2.05) is 0 Å². The van der Waals surface area contributed by atoms with Crippen LogP contribution in [0.3, 0.4) is 0 Å². The SMILES string of the molecule is Cc1c(F)c(F)cc(CC(=O)Nc2cc(C3CC3)[nH]n2)c1F. The Hall–Kier alpha value is -2.31. The van der Waals surface area contributed by atoms with Crippen molar-refractivity contribution in [2.24, 2.45) is 0 Å². The molecule has 1 aromatic heterocycles. The van der Waals surface area contributed by atoms with Gasteiger partial charge in [-0.1, -0.05) is 0 Å². The molecule has 22 heavy (non-hydrogen) atoms. The minimum atomic E-state index is -1.23. The van der Waals surface area contributed by atoms with E-state index in [2.05, 4.69) is 15.5 Å². The van der Waals surface area contributed by atoms with E-state index in [0.29, 0.717) is 17.8 Å². The van der Waals surface area contributed by atoms with Crippen LogP contribution in [-0.2, 0) is 11.2 Å². The summed E-state index contributed by atoms with van der Waals surface area (Å²) in [4.78, 5) is 11.9. The molecule has 1 aliphatic carbocycles. The van der Waals surface area contributed by atoms with Gasteiger partial charge in [0.25, 0.3) is 0 Å². The quantitative estimate of drug-likeness (QED) is 0.852. The molecule has 116 valence electrons. The zero-order valence-corrected chi connectivity index (χ0v) is 11.8. The molecule has 0 spiro atoms. The fourth-order valence-electron chi connectivity index (χ4n) is 2.29. The summed E-state index contributed by atoms with van der Waals surface area (Å²) in [6, 6.07) is 2.43. The highest BCUT2D eigenvalue weighted by atomic mass is 19.2. The predicted molar refractivity (Wildman–Crippen MR) is 73.9 cm³/mol. The Labute approximate surface area is 124 Å². The molecule has 0 bridgehead atoms. The Morgan fingerprint density at radius 2 is 2.05 bits per heavy atom. The number of carbonyl (C=O) groups excluding carboxylic acids is 1. The average molecular weight is 309 g/mol. The minimum absolute atomic E-state index is 0.188. The van der Waals surface area contributed by atoms with Gasteiger partial charge in [0.15, 0.2) is 17.5 Å². The first-order valence-electron chi connectivity index (χ1n) is 6.94. The third kappa shape index (κ3) is 2.84. The van der Waals surface area contributed by atoms with Crippen LogP contribution >= 0.6 is 0 Å². The van der Waals surface area contributed by atoms with Crippen LogP contribution in [0.4, 0.5) is 19.0 Å². The molecule has 4 nitrogen and oxygen atoms in total. The Kier molecular flexibility index (Phi) is 3.64. The van der Waals surface area contributed by atoms with Crippen LogP contribution in [-0.4, -0.2) is 16.1 Å². The van der Waals surface area contributed by atoms with E-state index in [9.17, 15) is 18.0 Å². The van der Waals surface area contributed by atoms with Crippen molar-refractivity contribution in [3.8, 4) is 0 Å². The lowest BCUT2D eigenvalue weighted by Crippen LogP contribution is -2.16. The van der Waals surface area contributed by atoms with Gasteiger partial charge in [-0.3, -0.25) is 9.89 Å². The standard InChI is InChI=1S/C15H14F3N3O/c1-7-14(17)9(4-10(16)15(7)18)5-13(22)19-12-6-11(20-21-12)8-2-3-8/h4,6,8H,2-3,5H2,1H3,(H2,19,20,21,22). The molecular weight excluding hydrogens is 295 g/mol. The van der Waals surface area contributed by atoms with Crippen molar-refractivity contribution in [2.75, 3.05) is 5.32 Å². The number of nitrogens with one attached hydrogen (secondary N) is 2. The van der Waals surface area contributed by atoms with Crippen LogP contribution in [0.5, 0.6) is 0 Å². The Balaban J connectivity index is 1.71. The summed E-state index contributed by atoms with van der Waals surface area (Å²) in [5.41, 5.74) is 0.329. The van der Waals surface area contributed by atoms with Crippen molar-refractivity contribution < 1.29 is 18.0 Å². The van der Waals surface area contributed by atoms with E-state index in [-0.39, 0.29) is 5.56 Å². The summed E-state index contributed by atoms with van der Waals surface area (Å²) in [6.07, 6.45) is 1.79. The number of nitrogens with zero attached hydrogens (tertiary/aromatic N) is 1. The van der Waals surface area contributed by atoms with E-state index in [0.717, 1.165) is 25.5 Å². The topological polar surface area (TPSA) is 57.8 Å². The third-order valence-electron chi connectivity index (χ3n) is 3.68. The lowest BCUT2D eigenvalue weighted by molar-refractivity contribution is -0.115. The highest BCUT2D eigenvalue weighted by Gasteiger charge is 2.26. The Morgan fingerprint density at radius 3 is 2.73 bits per heavy atom. The summed E-state index contributed by atoms with van der Waals surface area (Å²) < 4.78 is 40.4. The van der Waals surface area contributed by atoms with Crippen LogP contribution in [0.15, 0.2) is 12.1 Å². The average Bonchev–Trinajstić information content (AvgIpc) is 3.23. The summed E-state index contributed by atoms with van der Waals surface area (Å²) in [5.74, 6) is -3.05. The molecule has 2 aromatic rings. The fraction of sp³-hybridized carbons (Fsp3) is 0.333. The van der Waals surface area contributed by atoms with Crippen molar-refractivity contribution in [3.05, 3.63) is 46.4 Å². The van der Waals surface area contributed by atoms with E-state index >= 15 is 0 Å². The summed E-state index contributed by atoms with van der Waals surface area (Å²) in [7, 11) is 0. The predicted octanol–water partition coefficient (Wildman–Crippen LogP) is 3.19. The summed E-state index contributed by atoms with van der Waals surface area (Å²) >= 11 is 0. The molecular formula is C15H14F3N3O. The van der Waals surface area contributed by atoms with Gasteiger partial charge < -0.3 is 5.32 Å². The second-order valence-corrected chi connectivity index (χ2v) is 5.48. The van der Waals surface area contributed by atoms with Gasteiger partial charge in [0, 0.05) is 28.8 Å². The molecule has 0 unspecified atom stereocenters. The third-order valence-corrected chi connectivity index (χ3v) is 3.68. The number of hydrogen-bond donors (Lipinski definition) is 2. The monoisotopic (exact) mass is 309 g/mol. The molecule has 1 saturated carbocycles. The van der Waals surface area contributed by atoms with E-state index in [1.54, 1.807) is 6.07 Å². The van der Waals surface area contributed by atoms with Crippen LogP contribution in [0, 0.1) is 24.4 Å². The number of rotatable bonds is 4. The maximum Gasteiger partial charge on any atom is 0.230 e. The van der Waals surface area contributed by atoms with E-state index in [4.69, 9.17) is 0 Å². The van der Waals surface area contributed by atoms with Gasteiger partial charge in [-0.2, -0.15) is 5.10 Å². The molecule has 1 heterocycles. The molecule has 1 aliphatic rings. The highest BCUT2D eigenvalue weighted by Crippen LogP contribution is 2.39. The number of halogens is 3. The zero-order chi connectivity index (χ0) is 15.9. The van der Waals surface area contributed by atoms with Gasteiger partial charge in [-0.25, -0.2) is 13.2 Å². The largest absolute Gasteiger partial charge is 0.309 e. The van der Waals surface area contributed by atoms with Gasteiger partial charge in [0.2, 0.25) is 5.91 Å². The smallest absolute Gasteiger partial charge is 0.230 e. The number of hydrogen-bond acceptors (Lipinski definition) is 2. The number of H-pyrrole nitrogens is 1. The number of benzene rings is 1. The van der Waals surface area contributed by atoms with Gasteiger partial charge in [-0.15, -0.1) is 0 Å². The van der Waals surface area contributed by atoms with E-state index in [1.165, 1.54) is 0 Å². The number of amides is 1. The Morgan fingerprint density at radius 1 is 1.32 bits per heavy atom. The van der Waals surface area contributed by atoms with Crippen molar-refractivity contribution >= 4 is 11.7 Å². The van der Waals surface area contributed by atoms with Gasteiger partial charge >= 0.3 is 0 Å². The maximum absolute atomic E-state index is 13.9. The number of aromatic amines is 1. The lowest BCUT2D eigenvalue weighted by Gasteiger charge is -2.07. The molecule has 0 atom stereocenters. The zero-order valence-electron chi connectivity index (χ0n) is 11.8. The molecule has 1 amide bonds. The summed E-state index contributed by atoms with van der Waals surface area (Å²) in [5, 5.41) is 9.28. The first kappa shape index (κ1) is 14.6. The van der Waals surface area contributed by atoms with Gasteiger partial charge in [0.05, 0.1) is 6.42 Å². The second kappa shape index (κ2) is 5.47. The first-order valence-corrected chi connectivity index (χ1v) is 6.94. The first-order chi connectivity index (χ1) is 10.5. The van der Waals surface area contributed by atoms with E-state index < -0.39 is 35.3 Å². The van der Waals surface area contributed by atoms with Crippen LogP contribution in [0.25, 0.3) is 0 Å². The molecule has 0 radical (unpaired) electrons. The van der Waals surface area contributed by atoms with Crippen molar-refractivity contribution in [1.82, 2.24) is 10.2 Å². The number of carbonyl (C=O) groups is 1. The molecule has 2 N–H and O–H groups in total. The molecule has 0 aliphatic heterocycles. The van der Waals surface area contributed by atoms with Crippen molar-refractivity contribution in [1.29, 1.82) is 0 Å². The molecule has 1 fully saturated rings. The van der Waals surface area contributed by atoms with Gasteiger partial charge in [0.1, 0.15) is 5.82 Å². The van der Waals surface area contributed by atoms with Crippen LogP contribution in [0.2, 0.25) is 0 Å². The molecule has 1 aromatic carbocycles. The molecule has 0 saturated heterocycles. The van der Waals surface area contributed by atoms with Gasteiger partial charge in [-0.05, 0) is 25.8 Å². The van der Waals surface area contributed by atoms with Crippen molar-refractivity contribution in [3.63, 3.8) is 0 Å². The Bertz CT molecular complexity index is 738. The second-order valence-electron chi connectivity index (χ2n) is 5.48. The molecule has 7 heteroatoms. The summed E-state index contributed by atoms with van der Waals surface area (Å²) in [6.45, 7) is 1.13. The normalized spacial score (nSPS) is 14.2. The lowest BCUT2D eigenvalue weighted by atomic mass is 10.1. The highest BCUT2D eigenvalue weighted by molar-refractivity contribution is 5.91. The van der Waals surface area contributed by atoms with Crippen LogP contribution < -0.4 is 5.32 Å². The van der Waals surface area contributed by atoms with Crippen molar-refractivity contribution in [2.45, 2.75) is 32.1 Å². The van der Waals surface area contributed by atoms with Crippen LogP contribution in [0.1, 0.15) is 35.6 Å². The number of aromatic nitrogens is 2. The maximum atomic E-state index is 13.9. The number of anilines is 1. The minimum Gasteiger partial charge on any atom is -0.309 e. The fourth-order valence-corrected chi connectivity index (χ4v) is 2.29. The molecule has 3 rings (SSSR count).